The Bertz CT molecular complexity index is 1400. The number of ether oxygens (including phenoxy) is 1. The van der Waals surface area contributed by atoms with E-state index in [1.54, 1.807) is 21.4 Å². The van der Waals surface area contributed by atoms with Crippen molar-refractivity contribution in [3.63, 3.8) is 0 Å². The summed E-state index contributed by atoms with van der Waals surface area (Å²) < 4.78 is 8.95. The molecule has 4 aromatic rings. The maximum Gasteiger partial charge on any atom is 0.347 e. The zero-order valence-corrected chi connectivity index (χ0v) is 21.1. The van der Waals surface area contributed by atoms with E-state index in [-0.39, 0.29) is 5.69 Å². The van der Waals surface area contributed by atoms with Crippen molar-refractivity contribution >= 4 is 16.7 Å². The van der Waals surface area contributed by atoms with Gasteiger partial charge in [-0.1, -0.05) is 55.5 Å². The zero-order valence-electron chi connectivity index (χ0n) is 21.1. The van der Waals surface area contributed by atoms with Crippen LogP contribution in [0.3, 0.4) is 0 Å². The molecular formula is C29H33N3O4. The minimum atomic E-state index is -1.28. The van der Waals surface area contributed by atoms with E-state index in [2.05, 4.69) is 37.3 Å². The first-order valence-corrected chi connectivity index (χ1v) is 12.4. The molecular weight excluding hydrogens is 454 g/mol. The number of hydrogen-bond donors (Lipinski definition) is 1. The first kappa shape index (κ1) is 25.2. The highest BCUT2D eigenvalue weighted by atomic mass is 16.5. The normalized spacial score (nSPS) is 11.6. The van der Waals surface area contributed by atoms with Gasteiger partial charge in [-0.2, -0.15) is 5.10 Å². The second-order valence-corrected chi connectivity index (χ2v) is 9.60. The van der Waals surface area contributed by atoms with Crippen LogP contribution >= 0.6 is 0 Å². The first-order chi connectivity index (χ1) is 17.3. The Morgan fingerprint density at radius 2 is 1.67 bits per heavy atom. The van der Waals surface area contributed by atoms with Gasteiger partial charge >= 0.3 is 11.7 Å². The number of aliphatic carboxylic acids is 1. The highest BCUT2D eigenvalue weighted by molar-refractivity contribution is 5.83. The monoisotopic (exact) mass is 487 g/mol. The van der Waals surface area contributed by atoms with Gasteiger partial charge in [-0.3, -0.25) is 4.57 Å². The van der Waals surface area contributed by atoms with E-state index in [0.29, 0.717) is 25.3 Å². The van der Waals surface area contributed by atoms with Gasteiger partial charge < -0.3 is 9.84 Å². The summed E-state index contributed by atoms with van der Waals surface area (Å²) in [7, 11) is 0. The fraction of sp³-hybridized carbons (Fsp3) is 0.345. The van der Waals surface area contributed by atoms with E-state index in [9.17, 15) is 14.7 Å². The van der Waals surface area contributed by atoms with Gasteiger partial charge in [0.2, 0.25) is 0 Å². The summed E-state index contributed by atoms with van der Waals surface area (Å²) in [5.41, 5.74) is 0.825. The molecule has 3 aromatic carbocycles. The Hall–Kier alpha value is -3.87. The number of nitrogens with zero attached hydrogens (tertiary/aromatic N) is 3. The van der Waals surface area contributed by atoms with Crippen LogP contribution < -0.4 is 10.4 Å². The maximum absolute atomic E-state index is 13.1. The number of hydrogen-bond acceptors (Lipinski definition) is 4. The summed E-state index contributed by atoms with van der Waals surface area (Å²) >= 11 is 0. The smallest absolute Gasteiger partial charge is 0.347 e. The van der Waals surface area contributed by atoms with Gasteiger partial charge in [-0.25, -0.2) is 14.3 Å². The van der Waals surface area contributed by atoms with Crippen LogP contribution in [0.5, 0.6) is 5.75 Å². The average Bonchev–Trinajstić information content (AvgIpc) is 3.14. The van der Waals surface area contributed by atoms with E-state index >= 15 is 0 Å². The molecule has 0 unspecified atom stereocenters. The van der Waals surface area contributed by atoms with Crippen molar-refractivity contribution in [2.24, 2.45) is 0 Å². The van der Waals surface area contributed by atoms with Crippen LogP contribution in [-0.4, -0.2) is 31.0 Å². The quantitative estimate of drug-likeness (QED) is 0.319. The zero-order chi connectivity index (χ0) is 25.7. The lowest BCUT2D eigenvalue weighted by Crippen LogP contribution is -2.37. The summed E-state index contributed by atoms with van der Waals surface area (Å²) in [5, 5.41) is 16.3. The second kappa shape index (κ2) is 10.8. The lowest BCUT2D eigenvalue weighted by Gasteiger charge is -2.21. The van der Waals surface area contributed by atoms with Crippen LogP contribution in [0.1, 0.15) is 50.6 Å². The van der Waals surface area contributed by atoms with Crippen molar-refractivity contribution in [2.45, 2.75) is 65.1 Å². The fourth-order valence-electron chi connectivity index (χ4n) is 4.25. The van der Waals surface area contributed by atoms with Crippen molar-refractivity contribution in [3.8, 4) is 5.75 Å². The summed E-state index contributed by atoms with van der Waals surface area (Å²) in [6.45, 7) is 6.21. The standard InChI is InChI=1S/C29H33N3O4/c1-4-18-31-26(11-7-8-21-13-16-25(17-14-21)36-29(2,3)27(33)34)30-32(28(31)35)20-22-12-15-23-9-5-6-10-24(23)19-22/h5-6,9-10,12-17,19H,4,7-8,11,18,20H2,1-3H3,(H,33,34). The topological polar surface area (TPSA) is 86.3 Å². The fourth-order valence-corrected chi connectivity index (χ4v) is 4.25. The molecule has 0 amide bonds. The van der Waals surface area contributed by atoms with Gasteiger partial charge in [0.25, 0.3) is 0 Å². The Balaban J connectivity index is 1.42. The molecule has 0 saturated heterocycles. The molecule has 1 aromatic heterocycles. The van der Waals surface area contributed by atoms with Crippen LogP contribution in [0.25, 0.3) is 10.8 Å². The highest BCUT2D eigenvalue weighted by Gasteiger charge is 2.29. The van der Waals surface area contributed by atoms with Crippen molar-refractivity contribution in [1.82, 2.24) is 14.3 Å². The van der Waals surface area contributed by atoms with E-state index < -0.39 is 11.6 Å². The number of carboxylic acids is 1. The molecule has 36 heavy (non-hydrogen) atoms. The Morgan fingerprint density at radius 3 is 2.36 bits per heavy atom. The number of aromatic nitrogens is 3. The Labute approximate surface area is 211 Å². The van der Waals surface area contributed by atoms with Crippen LogP contribution in [0.4, 0.5) is 0 Å². The molecule has 0 saturated carbocycles. The highest BCUT2D eigenvalue weighted by Crippen LogP contribution is 2.20. The molecule has 4 rings (SSSR count). The second-order valence-electron chi connectivity index (χ2n) is 9.60. The molecule has 7 nitrogen and oxygen atoms in total. The minimum Gasteiger partial charge on any atom is -0.478 e. The number of carboxylic acid groups (broad SMARTS) is 1. The molecule has 0 spiro atoms. The third kappa shape index (κ3) is 5.85. The molecule has 1 heterocycles. The number of fused-ring (bicyclic) bond motifs is 1. The SMILES string of the molecule is CCCn1c(CCCc2ccc(OC(C)(C)C(=O)O)cc2)nn(Cc2ccc3ccccc3c2)c1=O. The van der Waals surface area contributed by atoms with Gasteiger partial charge in [0.1, 0.15) is 11.6 Å². The summed E-state index contributed by atoms with van der Waals surface area (Å²) in [4.78, 5) is 24.4. The first-order valence-electron chi connectivity index (χ1n) is 12.4. The molecule has 0 fully saturated rings. The molecule has 188 valence electrons. The third-order valence-electron chi connectivity index (χ3n) is 6.27. The van der Waals surface area contributed by atoms with E-state index in [0.717, 1.165) is 41.6 Å². The Morgan fingerprint density at radius 1 is 0.972 bits per heavy atom. The molecule has 0 atom stereocenters. The predicted molar refractivity (Wildman–Crippen MR) is 141 cm³/mol. The molecule has 0 radical (unpaired) electrons. The lowest BCUT2D eigenvalue weighted by molar-refractivity contribution is -0.152. The van der Waals surface area contributed by atoms with Crippen molar-refractivity contribution in [1.29, 1.82) is 0 Å². The Kier molecular flexibility index (Phi) is 7.58. The van der Waals surface area contributed by atoms with Crippen molar-refractivity contribution in [3.05, 3.63) is 94.2 Å². The van der Waals surface area contributed by atoms with E-state index in [1.165, 1.54) is 19.2 Å². The molecule has 1 N–H and O–H groups in total. The lowest BCUT2D eigenvalue weighted by atomic mass is 10.1. The maximum atomic E-state index is 13.1. The van der Waals surface area contributed by atoms with Gasteiger partial charge in [0.15, 0.2) is 5.60 Å². The van der Waals surface area contributed by atoms with Crippen molar-refractivity contribution < 1.29 is 14.6 Å². The van der Waals surface area contributed by atoms with E-state index in [4.69, 9.17) is 9.84 Å². The molecule has 0 aliphatic carbocycles. The minimum absolute atomic E-state index is 0.0671. The van der Waals surface area contributed by atoms with Gasteiger partial charge in [0, 0.05) is 13.0 Å². The third-order valence-corrected chi connectivity index (χ3v) is 6.27. The molecule has 0 aliphatic heterocycles. The van der Waals surface area contributed by atoms with Crippen LogP contribution in [0.2, 0.25) is 0 Å². The van der Waals surface area contributed by atoms with Crippen LogP contribution in [0.15, 0.2) is 71.5 Å². The van der Waals surface area contributed by atoms with Gasteiger partial charge in [0.05, 0.1) is 6.54 Å². The summed E-state index contributed by atoms with van der Waals surface area (Å²) in [5.74, 6) is 0.325. The van der Waals surface area contributed by atoms with Crippen LogP contribution in [-0.2, 0) is 30.7 Å². The number of benzene rings is 3. The number of aryl methyl sites for hydroxylation is 2. The number of carbonyl (C=O) groups is 1. The molecule has 0 aliphatic rings. The van der Waals surface area contributed by atoms with Gasteiger partial charge in [-0.15, -0.1) is 0 Å². The number of rotatable bonds is 11. The van der Waals surface area contributed by atoms with Crippen LogP contribution in [0, 0.1) is 0 Å². The van der Waals surface area contributed by atoms with E-state index in [1.807, 2.05) is 24.3 Å². The van der Waals surface area contributed by atoms with Crippen molar-refractivity contribution in [2.75, 3.05) is 0 Å². The average molecular weight is 488 g/mol. The molecule has 7 heteroatoms. The molecule has 0 bridgehead atoms. The van der Waals surface area contributed by atoms with Gasteiger partial charge in [-0.05, 0) is 73.2 Å². The predicted octanol–water partition coefficient (Wildman–Crippen LogP) is 5.07. The largest absolute Gasteiger partial charge is 0.478 e. The summed E-state index contributed by atoms with van der Waals surface area (Å²) in [6.07, 6.45) is 3.23. The summed E-state index contributed by atoms with van der Waals surface area (Å²) in [6, 6.07) is 21.9.